The minimum absolute atomic E-state index is 0.537. The lowest BCUT2D eigenvalue weighted by atomic mass is 10.4. The first-order valence-corrected chi connectivity index (χ1v) is 6.97. The maximum absolute atomic E-state index is 5.65. The Kier molecular flexibility index (Phi) is 5.92. The molecule has 0 unspecified atom stereocenters. The summed E-state index contributed by atoms with van der Waals surface area (Å²) in [7, 11) is 0. The second-order valence-electron chi connectivity index (χ2n) is 2.96. The summed E-state index contributed by atoms with van der Waals surface area (Å²) in [5.74, 6) is -1.05. The Balaban J connectivity index is 2.98. The molecule has 1 rings (SSSR count). The summed E-state index contributed by atoms with van der Waals surface area (Å²) in [6.07, 6.45) is 0. The van der Waals surface area contributed by atoms with Gasteiger partial charge in [0, 0.05) is 0 Å². The van der Waals surface area contributed by atoms with E-state index in [1.807, 2.05) is 32.9 Å². The second kappa shape index (κ2) is 6.71. The molecular weight excluding hydrogens is 292 g/mol. The van der Waals surface area contributed by atoms with E-state index in [1.54, 1.807) is 11.3 Å². The molecular formula is C11H17BrO3S. The van der Waals surface area contributed by atoms with Crippen LogP contribution in [-0.4, -0.2) is 19.8 Å². The first kappa shape index (κ1) is 14.1. The van der Waals surface area contributed by atoms with Crippen molar-refractivity contribution in [1.82, 2.24) is 0 Å². The highest BCUT2D eigenvalue weighted by molar-refractivity contribution is 9.11. The van der Waals surface area contributed by atoms with Crippen LogP contribution in [0.15, 0.2) is 15.9 Å². The van der Waals surface area contributed by atoms with Crippen LogP contribution < -0.4 is 0 Å². The molecule has 0 aliphatic rings. The van der Waals surface area contributed by atoms with Crippen LogP contribution in [-0.2, 0) is 20.2 Å². The van der Waals surface area contributed by atoms with Crippen molar-refractivity contribution in [2.45, 2.75) is 26.7 Å². The van der Waals surface area contributed by atoms with Gasteiger partial charge in [0.25, 0.3) is 0 Å². The number of thiophene rings is 1. The number of ether oxygens (including phenoxy) is 3. The van der Waals surface area contributed by atoms with E-state index in [4.69, 9.17) is 14.2 Å². The van der Waals surface area contributed by atoms with Crippen LogP contribution >= 0.6 is 27.3 Å². The molecule has 1 heterocycles. The zero-order chi connectivity index (χ0) is 12.0. The van der Waals surface area contributed by atoms with Crippen LogP contribution in [0.1, 0.15) is 25.6 Å². The van der Waals surface area contributed by atoms with Gasteiger partial charge in [0.1, 0.15) is 0 Å². The Morgan fingerprint density at radius 1 is 1.06 bits per heavy atom. The third-order valence-corrected chi connectivity index (χ3v) is 3.57. The van der Waals surface area contributed by atoms with Crippen LogP contribution in [0.25, 0.3) is 0 Å². The highest BCUT2D eigenvalue weighted by Crippen LogP contribution is 2.36. The smallest absolute Gasteiger partial charge is 0.321 e. The predicted molar refractivity (Wildman–Crippen MR) is 68.6 cm³/mol. The molecule has 0 amide bonds. The molecule has 1 aromatic rings. The van der Waals surface area contributed by atoms with Crippen molar-refractivity contribution in [2.75, 3.05) is 19.8 Å². The van der Waals surface area contributed by atoms with Gasteiger partial charge in [0.15, 0.2) is 0 Å². The molecule has 0 N–H and O–H groups in total. The van der Waals surface area contributed by atoms with Crippen molar-refractivity contribution >= 4 is 27.3 Å². The van der Waals surface area contributed by atoms with E-state index in [0.717, 1.165) is 8.66 Å². The quantitative estimate of drug-likeness (QED) is 0.718. The summed E-state index contributed by atoms with van der Waals surface area (Å²) in [6, 6.07) is 3.92. The first-order chi connectivity index (χ1) is 7.68. The largest absolute Gasteiger partial charge is 0.323 e. The second-order valence-corrected chi connectivity index (χ2v) is 5.42. The Hall–Kier alpha value is 0.0600. The van der Waals surface area contributed by atoms with Gasteiger partial charge in [-0.3, -0.25) is 0 Å². The molecule has 0 spiro atoms. The summed E-state index contributed by atoms with van der Waals surface area (Å²) in [4.78, 5) is 0.921. The highest BCUT2D eigenvalue weighted by atomic mass is 79.9. The Morgan fingerprint density at radius 3 is 1.88 bits per heavy atom. The van der Waals surface area contributed by atoms with E-state index >= 15 is 0 Å². The standard InChI is InChI=1S/C11H17BrO3S/c1-4-13-11(14-5-2,15-6-3)9-7-8-10(12)16-9/h7-8H,4-6H2,1-3H3. The Bertz CT molecular complexity index is 297. The van der Waals surface area contributed by atoms with E-state index in [1.165, 1.54) is 0 Å². The van der Waals surface area contributed by atoms with Crippen molar-refractivity contribution in [2.24, 2.45) is 0 Å². The fourth-order valence-electron chi connectivity index (χ4n) is 1.39. The maximum atomic E-state index is 5.65. The summed E-state index contributed by atoms with van der Waals surface area (Å²) < 4.78 is 18.0. The Labute approximate surface area is 109 Å². The van der Waals surface area contributed by atoms with E-state index in [-0.39, 0.29) is 0 Å². The van der Waals surface area contributed by atoms with Crippen LogP contribution in [0.3, 0.4) is 0 Å². The van der Waals surface area contributed by atoms with Crippen molar-refractivity contribution in [1.29, 1.82) is 0 Å². The number of hydrogen-bond acceptors (Lipinski definition) is 4. The minimum atomic E-state index is -1.05. The molecule has 1 aromatic heterocycles. The van der Waals surface area contributed by atoms with Crippen LogP contribution in [0.5, 0.6) is 0 Å². The van der Waals surface area contributed by atoms with Gasteiger partial charge in [0.05, 0.1) is 28.5 Å². The third-order valence-electron chi connectivity index (χ3n) is 1.88. The molecule has 0 aliphatic heterocycles. The van der Waals surface area contributed by atoms with Gasteiger partial charge in [-0.25, -0.2) is 0 Å². The van der Waals surface area contributed by atoms with Crippen molar-refractivity contribution in [3.05, 3.63) is 20.8 Å². The number of halogens is 1. The van der Waals surface area contributed by atoms with Gasteiger partial charge in [-0.05, 0) is 48.8 Å². The zero-order valence-electron chi connectivity index (χ0n) is 9.79. The topological polar surface area (TPSA) is 27.7 Å². The minimum Gasteiger partial charge on any atom is -0.323 e. The zero-order valence-corrected chi connectivity index (χ0v) is 12.2. The predicted octanol–water partition coefficient (Wildman–Crippen LogP) is 3.73. The van der Waals surface area contributed by atoms with Gasteiger partial charge in [-0.15, -0.1) is 11.3 Å². The van der Waals surface area contributed by atoms with Crippen LogP contribution in [0.2, 0.25) is 0 Å². The monoisotopic (exact) mass is 308 g/mol. The van der Waals surface area contributed by atoms with E-state index in [2.05, 4.69) is 15.9 Å². The molecule has 0 atom stereocenters. The fraction of sp³-hybridized carbons (Fsp3) is 0.636. The van der Waals surface area contributed by atoms with Crippen LogP contribution in [0.4, 0.5) is 0 Å². The summed E-state index contributed by atoms with van der Waals surface area (Å²) >= 11 is 4.99. The molecule has 3 nitrogen and oxygen atoms in total. The lowest BCUT2D eigenvalue weighted by Gasteiger charge is -2.31. The average Bonchev–Trinajstić information content (AvgIpc) is 2.66. The lowest BCUT2D eigenvalue weighted by molar-refractivity contribution is -0.387. The molecule has 0 fully saturated rings. The van der Waals surface area contributed by atoms with Crippen molar-refractivity contribution in [3.8, 4) is 0 Å². The van der Waals surface area contributed by atoms with E-state index in [9.17, 15) is 0 Å². The van der Waals surface area contributed by atoms with E-state index < -0.39 is 5.97 Å². The van der Waals surface area contributed by atoms with Gasteiger partial charge >= 0.3 is 5.97 Å². The normalized spacial score (nSPS) is 12.0. The first-order valence-electron chi connectivity index (χ1n) is 5.36. The van der Waals surface area contributed by atoms with Crippen molar-refractivity contribution in [3.63, 3.8) is 0 Å². The van der Waals surface area contributed by atoms with Gasteiger partial charge in [-0.1, -0.05) is 0 Å². The van der Waals surface area contributed by atoms with Crippen molar-refractivity contribution < 1.29 is 14.2 Å². The molecule has 0 saturated carbocycles. The molecule has 92 valence electrons. The molecule has 0 bridgehead atoms. The summed E-state index contributed by atoms with van der Waals surface area (Å²) in [5, 5.41) is 0. The number of hydrogen-bond donors (Lipinski definition) is 0. The molecule has 16 heavy (non-hydrogen) atoms. The van der Waals surface area contributed by atoms with Gasteiger partial charge < -0.3 is 14.2 Å². The van der Waals surface area contributed by atoms with Gasteiger partial charge in [0.2, 0.25) is 0 Å². The van der Waals surface area contributed by atoms with E-state index in [0.29, 0.717) is 19.8 Å². The number of rotatable bonds is 7. The van der Waals surface area contributed by atoms with Crippen LogP contribution in [0, 0.1) is 0 Å². The molecule has 5 heteroatoms. The Morgan fingerprint density at radius 2 is 1.56 bits per heavy atom. The molecule has 0 aromatic carbocycles. The molecule has 0 aliphatic carbocycles. The maximum Gasteiger partial charge on any atom is 0.321 e. The molecule has 0 saturated heterocycles. The lowest BCUT2D eigenvalue weighted by Crippen LogP contribution is -2.35. The highest BCUT2D eigenvalue weighted by Gasteiger charge is 2.36. The third kappa shape index (κ3) is 3.28. The summed E-state index contributed by atoms with van der Waals surface area (Å²) in [6.45, 7) is 7.39. The summed E-state index contributed by atoms with van der Waals surface area (Å²) in [5.41, 5.74) is 0. The average molecular weight is 309 g/mol. The molecule has 0 radical (unpaired) electrons. The van der Waals surface area contributed by atoms with Gasteiger partial charge in [-0.2, -0.15) is 0 Å². The SMILES string of the molecule is CCOC(OCC)(OCC)c1ccc(Br)s1. The fourth-order valence-corrected chi connectivity index (χ4v) is 2.83.